The van der Waals surface area contributed by atoms with Gasteiger partial charge in [0.25, 0.3) is 0 Å². The number of hydrogen-bond donors (Lipinski definition) is 2. The molecule has 1 fully saturated rings. The number of halogens is 1. The van der Waals surface area contributed by atoms with Crippen LogP contribution in [0.15, 0.2) is 28.7 Å². The summed E-state index contributed by atoms with van der Waals surface area (Å²) in [4.78, 5) is 23.6. The first-order chi connectivity index (χ1) is 10.0. The topological polar surface area (TPSA) is 66.4 Å². The van der Waals surface area contributed by atoms with Gasteiger partial charge in [0.2, 0.25) is 5.91 Å². The van der Waals surface area contributed by atoms with Gasteiger partial charge in [0, 0.05) is 10.9 Å². The van der Waals surface area contributed by atoms with Crippen molar-refractivity contribution in [2.75, 3.05) is 0 Å². The number of hydrogen-bond acceptors (Lipinski definition) is 2. The number of benzene rings is 1. The Balaban J connectivity index is 1.90. The van der Waals surface area contributed by atoms with Crippen LogP contribution in [-0.4, -0.2) is 22.5 Å². The Kier molecular flexibility index (Phi) is 5.39. The van der Waals surface area contributed by atoms with Gasteiger partial charge < -0.3 is 10.4 Å². The molecule has 4 nitrogen and oxygen atoms in total. The number of carbonyl (C=O) groups is 2. The third-order valence-corrected chi connectivity index (χ3v) is 4.58. The highest BCUT2D eigenvalue weighted by Gasteiger charge is 2.40. The van der Waals surface area contributed by atoms with Crippen molar-refractivity contribution in [3.63, 3.8) is 0 Å². The van der Waals surface area contributed by atoms with Gasteiger partial charge in [-0.15, -0.1) is 0 Å². The summed E-state index contributed by atoms with van der Waals surface area (Å²) in [6.45, 7) is 0. The second-order valence-corrected chi connectivity index (χ2v) is 6.54. The van der Waals surface area contributed by atoms with Gasteiger partial charge in [0.1, 0.15) is 5.54 Å². The third-order valence-electron chi connectivity index (χ3n) is 4.05. The molecule has 0 spiro atoms. The maximum absolute atomic E-state index is 12.1. The smallest absolute Gasteiger partial charge is 0.329 e. The number of aliphatic carboxylic acids is 1. The van der Waals surface area contributed by atoms with E-state index in [2.05, 4.69) is 21.2 Å². The number of aryl methyl sites for hydroxylation is 1. The van der Waals surface area contributed by atoms with Crippen LogP contribution in [-0.2, 0) is 16.0 Å². The molecule has 5 heteroatoms. The lowest BCUT2D eigenvalue weighted by atomic mass is 9.81. The molecule has 0 unspecified atom stereocenters. The van der Waals surface area contributed by atoms with Crippen LogP contribution >= 0.6 is 15.9 Å². The van der Waals surface area contributed by atoms with E-state index in [1.807, 2.05) is 24.3 Å². The summed E-state index contributed by atoms with van der Waals surface area (Å²) in [7, 11) is 0. The molecule has 0 saturated heterocycles. The Morgan fingerprint density at radius 2 is 1.76 bits per heavy atom. The zero-order chi connectivity index (χ0) is 15.3. The fraction of sp³-hybridized carbons (Fsp3) is 0.500. The van der Waals surface area contributed by atoms with Gasteiger partial charge in [-0.05, 0) is 37.0 Å². The molecule has 0 atom stereocenters. The zero-order valence-corrected chi connectivity index (χ0v) is 13.5. The van der Waals surface area contributed by atoms with Gasteiger partial charge in [0.15, 0.2) is 0 Å². The number of carboxylic acids is 1. The minimum Gasteiger partial charge on any atom is -0.480 e. The molecular formula is C16H20BrNO3. The summed E-state index contributed by atoms with van der Waals surface area (Å²) >= 11 is 3.37. The Bertz CT molecular complexity index is 507. The second kappa shape index (κ2) is 7.07. The van der Waals surface area contributed by atoms with Crippen molar-refractivity contribution in [2.45, 2.75) is 50.5 Å². The van der Waals surface area contributed by atoms with Crippen molar-refractivity contribution >= 4 is 27.8 Å². The number of rotatable bonds is 5. The van der Waals surface area contributed by atoms with Crippen LogP contribution < -0.4 is 5.32 Å². The van der Waals surface area contributed by atoms with Crippen molar-refractivity contribution in [3.8, 4) is 0 Å². The second-order valence-electron chi connectivity index (χ2n) is 5.62. The van der Waals surface area contributed by atoms with Gasteiger partial charge >= 0.3 is 5.97 Å². The van der Waals surface area contributed by atoms with Gasteiger partial charge in [0.05, 0.1) is 0 Å². The van der Waals surface area contributed by atoms with E-state index in [1.54, 1.807) is 0 Å². The van der Waals surface area contributed by atoms with E-state index in [4.69, 9.17) is 0 Å². The summed E-state index contributed by atoms with van der Waals surface area (Å²) in [5, 5.41) is 12.2. The lowest BCUT2D eigenvalue weighted by Crippen LogP contribution is -2.55. The number of amides is 1. The molecule has 1 aliphatic rings. The molecule has 0 radical (unpaired) electrons. The van der Waals surface area contributed by atoms with Crippen molar-refractivity contribution < 1.29 is 14.7 Å². The molecule has 1 amide bonds. The predicted octanol–water partition coefficient (Wildman–Crippen LogP) is 3.29. The first kappa shape index (κ1) is 16.0. The zero-order valence-electron chi connectivity index (χ0n) is 11.9. The maximum atomic E-state index is 12.1. The Morgan fingerprint density at radius 1 is 1.14 bits per heavy atom. The molecule has 2 N–H and O–H groups in total. The molecule has 114 valence electrons. The van der Waals surface area contributed by atoms with Crippen LogP contribution in [0.1, 0.15) is 44.1 Å². The van der Waals surface area contributed by atoms with Gasteiger partial charge in [-0.25, -0.2) is 4.79 Å². The molecule has 1 aliphatic carbocycles. The van der Waals surface area contributed by atoms with Crippen molar-refractivity contribution in [3.05, 3.63) is 34.3 Å². The summed E-state index contributed by atoms with van der Waals surface area (Å²) in [6, 6.07) is 7.80. The number of carboxylic acid groups (broad SMARTS) is 1. The van der Waals surface area contributed by atoms with Crippen LogP contribution in [0, 0.1) is 0 Å². The number of carbonyl (C=O) groups excluding carboxylic acids is 1. The Labute approximate surface area is 133 Å². The standard InChI is InChI=1S/C16H20BrNO3/c17-13-7-4-12(5-8-13)6-9-14(19)18-16(15(20)21)10-2-1-3-11-16/h4-5,7-8H,1-3,6,9-11H2,(H,18,19)(H,20,21). The summed E-state index contributed by atoms with van der Waals surface area (Å²) in [5.74, 6) is -1.08. The average molecular weight is 354 g/mol. The van der Waals surface area contributed by atoms with Crippen LogP contribution in [0.4, 0.5) is 0 Å². The normalized spacial score (nSPS) is 17.2. The van der Waals surface area contributed by atoms with Crippen LogP contribution in [0.5, 0.6) is 0 Å². The number of nitrogens with one attached hydrogen (secondary N) is 1. The molecule has 1 aromatic carbocycles. The summed E-state index contributed by atoms with van der Waals surface area (Å²) in [6.07, 6.45) is 4.77. The highest BCUT2D eigenvalue weighted by Crippen LogP contribution is 2.28. The van der Waals surface area contributed by atoms with E-state index < -0.39 is 11.5 Å². The Morgan fingerprint density at radius 3 is 2.33 bits per heavy atom. The van der Waals surface area contributed by atoms with E-state index in [-0.39, 0.29) is 5.91 Å². The largest absolute Gasteiger partial charge is 0.480 e. The quantitative estimate of drug-likeness (QED) is 0.853. The monoisotopic (exact) mass is 353 g/mol. The summed E-state index contributed by atoms with van der Waals surface area (Å²) < 4.78 is 1.00. The molecular weight excluding hydrogens is 334 g/mol. The molecule has 2 rings (SSSR count). The third kappa shape index (κ3) is 4.30. The van der Waals surface area contributed by atoms with E-state index in [0.717, 1.165) is 29.3 Å². The van der Waals surface area contributed by atoms with Crippen LogP contribution in [0.2, 0.25) is 0 Å². The van der Waals surface area contributed by atoms with E-state index in [0.29, 0.717) is 25.7 Å². The molecule has 0 aromatic heterocycles. The highest BCUT2D eigenvalue weighted by atomic mass is 79.9. The average Bonchev–Trinajstić information content (AvgIpc) is 2.47. The van der Waals surface area contributed by atoms with Gasteiger partial charge in [-0.1, -0.05) is 47.3 Å². The highest BCUT2D eigenvalue weighted by molar-refractivity contribution is 9.10. The molecule has 0 heterocycles. The first-order valence-corrected chi connectivity index (χ1v) is 8.10. The maximum Gasteiger partial charge on any atom is 0.329 e. The molecule has 1 saturated carbocycles. The molecule has 1 aromatic rings. The van der Waals surface area contributed by atoms with Gasteiger partial charge in [-0.3, -0.25) is 4.79 Å². The van der Waals surface area contributed by atoms with Crippen LogP contribution in [0.3, 0.4) is 0 Å². The predicted molar refractivity (Wildman–Crippen MR) is 84.1 cm³/mol. The van der Waals surface area contributed by atoms with Crippen molar-refractivity contribution in [1.29, 1.82) is 0 Å². The lowest BCUT2D eigenvalue weighted by Gasteiger charge is -2.34. The van der Waals surface area contributed by atoms with Crippen molar-refractivity contribution in [2.24, 2.45) is 0 Å². The first-order valence-electron chi connectivity index (χ1n) is 7.31. The van der Waals surface area contributed by atoms with E-state index >= 15 is 0 Å². The Hall–Kier alpha value is -1.36. The molecule has 0 bridgehead atoms. The van der Waals surface area contributed by atoms with E-state index in [9.17, 15) is 14.7 Å². The fourth-order valence-corrected chi connectivity index (χ4v) is 3.05. The molecule has 21 heavy (non-hydrogen) atoms. The van der Waals surface area contributed by atoms with Gasteiger partial charge in [-0.2, -0.15) is 0 Å². The van der Waals surface area contributed by atoms with E-state index in [1.165, 1.54) is 0 Å². The fourth-order valence-electron chi connectivity index (χ4n) is 2.79. The molecule has 0 aliphatic heterocycles. The minimum absolute atomic E-state index is 0.179. The SMILES string of the molecule is O=C(CCc1ccc(Br)cc1)NC1(C(=O)O)CCCCC1. The van der Waals surface area contributed by atoms with Crippen molar-refractivity contribution in [1.82, 2.24) is 5.32 Å². The minimum atomic E-state index is -1.05. The van der Waals surface area contributed by atoms with Crippen LogP contribution in [0.25, 0.3) is 0 Å². The lowest BCUT2D eigenvalue weighted by molar-refractivity contribution is -0.149. The summed E-state index contributed by atoms with van der Waals surface area (Å²) in [5.41, 5.74) is 0.0241.